The van der Waals surface area contributed by atoms with Crippen molar-refractivity contribution in [1.29, 1.82) is 0 Å². The molecule has 1 atom stereocenters. The average Bonchev–Trinajstić information content (AvgIpc) is 3.11. The number of hydrogen-bond donors (Lipinski definition) is 1. The molecule has 1 unspecified atom stereocenters. The van der Waals surface area contributed by atoms with Gasteiger partial charge in [-0.15, -0.1) is 0 Å². The SMILES string of the molecule is CCCCN(CCCC)c1ccc2c3c(oc2c1)C(=O)C(C)(O)c1ccccc1-3. The van der Waals surface area contributed by atoms with Gasteiger partial charge in [0, 0.05) is 35.8 Å². The molecule has 1 aliphatic rings. The summed E-state index contributed by atoms with van der Waals surface area (Å²) in [5, 5.41) is 11.8. The van der Waals surface area contributed by atoms with Crippen LogP contribution in [0.3, 0.4) is 0 Å². The molecule has 0 aliphatic heterocycles. The van der Waals surface area contributed by atoms with Gasteiger partial charge in [0.05, 0.1) is 0 Å². The normalized spacial score (nSPS) is 18.0. The third-order valence-corrected chi connectivity index (χ3v) is 5.97. The summed E-state index contributed by atoms with van der Waals surface area (Å²) in [6.45, 7) is 7.98. The topological polar surface area (TPSA) is 53.7 Å². The number of nitrogens with zero attached hydrogens (tertiary/aromatic N) is 1. The number of benzene rings is 2. The summed E-state index contributed by atoms with van der Waals surface area (Å²) < 4.78 is 6.06. The molecule has 3 aromatic rings. The largest absolute Gasteiger partial charge is 0.452 e. The Balaban J connectivity index is 1.83. The second kappa shape index (κ2) is 7.68. The van der Waals surface area contributed by atoms with Crippen molar-refractivity contribution < 1.29 is 14.3 Å². The van der Waals surface area contributed by atoms with Gasteiger partial charge >= 0.3 is 0 Å². The molecule has 0 saturated carbocycles. The lowest BCUT2D eigenvalue weighted by Crippen LogP contribution is -2.35. The first-order valence-electron chi connectivity index (χ1n) is 10.7. The molecular weight excluding hydrogens is 362 g/mol. The van der Waals surface area contributed by atoms with Crippen molar-refractivity contribution in [3.05, 3.63) is 53.8 Å². The van der Waals surface area contributed by atoms with Gasteiger partial charge in [-0.25, -0.2) is 0 Å². The number of anilines is 1. The first-order chi connectivity index (χ1) is 14.0. The first kappa shape index (κ1) is 19.7. The van der Waals surface area contributed by atoms with Crippen molar-refractivity contribution in [2.45, 2.75) is 52.1 Å². The van der Waals surface area contributed by atoms with Crippen LogP contribution in [-0.2, 0) is 5.60 Å². The van der Waals surface area contributed by atoms with Crippen molar-refractivity contribution in [3.8, 4) is 11.1 Å². The number of carbonyl (C=O) groups is 1. The van der Waals surface area contributed by atoms with E-state index in [1.807, 2.05) is 30.3 Å². The Kier molecular flexibility index (Phi) is 5.22. The molecule has 1 N–H and O–H groups in total. The van der Waals surface area contributed by atoms with Crippen molar-refractivity contribution in [3.63, 3.8) is 0 Å². The smallest absolute Gasteiger partial charge is 0.234 e. The summed E-state index contributed by atoms with van der Waals surface area (Å²) in [5.41, 5.74) is 2.55. The van der Waals surface area contributed by atoms with E-state index in [-0.39, 0.29) is 11.5 Å². The van der Waals surface area contributed by atoms with E-state index < -0.39 is 5.60 Å². The summed E-state index contributed by atoms with van der Waals surface area (Å²) in [6.07, 6.45) is 4.59. The number of hydrogen-bond acceptors (Lipinski definition) is 4. The first-order valence-corrected chi connectivity index (χ1v) is 10.7. The van der Waals surface area contributed by atoms with Crippen molar-refractivity contribution in [2.75, 3.05) is 18.0 Å². The minimum atomic E-state index is -1.57. The maximum Gasteiger partial charge on any atom is 0.234 e. The van der Waals surface area contributed by atoms with Crippen LogP contribution in [0.15, 0.2) is 46.9 Å². The summed E-state index contributed by atoms with van der Waals surface area (Å²) in [4.78, 5) is 15.4. The molecule has 0 amide bonds. The number of furan rings is 1. The van der Waals surface area contributed by atoms with Crippen LogP contribution in [0.4, 0.5) is 5.69 Å². The van der Waals surface area contributed by atoms with Crippen LogP contribution in [-0.4, -0.2) is 24.0 Å². The summed E-state index contributed by atoms with van der Waals surface area (Å²) in [5.74, 6) is -0.118. The van der Waals surface area contributed by atoms with Crippen molar-refractivity contribution in [1.82, 2.24) is 0 Å². The Morgan fingerprint density at radius 1 is 1.03 bits per heavy atom. The quantitative estimate of drug-likeness (QED) is 0.544. The van der Waals surface area contributed by atoms with E-state index in [0.29, 0.717) is 11.1 Å². The van der Waals surface area contributed by atoms with Crippen LogP contribution in [0, 0.1) is 0 Å². The zero-order chi connectivity index (χ0) is 20.6. The van der Waals surface area contributed by atoms with Gasteiger partial charge in [0.25, 0.3) is 0 Å². The van der Waals surface area contributed by atoms with Gasteiger partial charge in [-0.2, -0.15) is 0 Å². The second-order valence-electron chi connectivity index (χ2n) is 8.13. The third kappa shape index (κ3) is 3.25. The Morgan fingerprint density at radius 3 is 2.41 bits per heavy atom. The number of rotatable bonds is 7. The van der Waals surface area contributed by atoms with Crippen LogP contribution in [0.25, 0.3) is 22.1 Å². The second-order valence-corrected chi connectivity index (χ2v) is 8.13. The number of Topliss-reactive ketones (excluding diaryl/α,β-unsaturated/α-hetero) is 1. The predicted octanol–water partition coefficient (Wildman–Crippen LogP) is 5.91. The van der Waals surface area contributed by atoms with Crippen LogP contribution < -0.4 is 4.90 Å². The van der Waals surface area contributed by atoms with E-state index in [2.05, 4.69) is 30.9 Å². The molecule has 4 heteroatoms. The molecule has 1 aliphatic carbocycles. The van der Waals surface area contributed by atoms with Crippen LogP contribution >= 0.6 is 0 Å². The Morgan fingerprint density at radius 2 is 1.72 bits per heavy atom. The Labute approximate surface area is 172 Å². The number of unbranched alkanes of at least 4 members (excludes halogenated alkanes) is 2. The maximum atomic E-state index is 13.0. The average molecular weight is 392 g/mol. The fourth-order valence-electron chi connectivity index (χ4n) is 4.25. The third-order valence-electron chi connectivity index (χ3n) is 5.97. The van der Waals surface area contributed by atoms with E-state index >= 15 is 0 Å². The van der Waals surface area contributed by atoms with Gasteiger partial charge in [-0.3, -0.25) is 4.79 Å². The molecule has 2 aromatic carbocycles. The predicted molar refractivity (Wildman–Crippen MR) is 118 cm³/mol. The van der Waals surface area contributed by atoms with Gasteiger partial charge in [-0.1, -0.05) is 51.0 Å². The molecule has 29 heavy (non-hydrogen) atoms. The van der Waals surface area contributed by atoms with Gasteiger partial charge in [0.1, 0.15) is 5.58 Å². The highest BCUT2D eigenvalue weighted by Crippen LogP contribution is 2.46. The molecule has 0 spiro atoms. The number of aliphatic hydroxyl groups is 1. The summed E-state index contributed by atoms with van der Waals surface area (Å²) in [6, 6.07) is 13.8. The summed E-state index contributed by atoms with van der Waals surface area (Å²) >= 11 is 0. The number of carbonyl (C=O) groups excluding carboxylic acids is 1. The van der Waals surface area contributed by atoms with E-state index in [9.17, 15) is 9.90 Å². The van der Waals surface area contributed by atoms with E-state index in [1.54, 1.807) is 6.92 Å². The van der Waals surface area contributed by atoms with Gasteiger partial charge < -0.3 is 14.4 Å². The lowest BCUT2D eigenvalue weighted by Gasteiger charge is -2.28. The standard InChI is InChI=1S/C25H29NO3/c1-4-6-14-26(15-7-5-2)17-12-13-19-21(16-17)29-23-22(19)18-10-8-9-11-20(18)25(3,28)24(23)27/h8-13,16,28H,4-7,14-15H2,1-3H3. The zero-order valence-electron chi connectivity index (χ0n) is 17.5. The monoisotopic (exact) mass is 391 g/mol. The summed E-state index contributed by atoms with van der Waals surface area (Å²) in [7, 11) is 0. The highest BCUT2D eigenvalue weighted by Gasteiger charge is 2.44. The maximum absolute atomic E-state index is 13.0. The van der Waals surface area contributed by atoms with Gasteiger partial charge in [0.15, 0.2) is 11.4 Å². The van der Waals surface area contributed by atoms with Gasteiger partial charge in [-0.05, 0) is 43.0 Å². The molecule has 0 bridgehead atoms. The number of ketones is 1. The van der Waals surface area contributed by atoms with Crippen molar-refractivity contribution >= 4 is 22.4 Å². The molecule has 1 aromatic heterocycles. The Hall–Kier alpha value is -2.59. The zero-order valence-corrected chi connectivity index (χ0v) is 17.5. The minimum Gasteiger partial charge on any atom is -0.452 e. The minimum absolute atomic E-state index is 0.259. The van der Waals surface area contributed by atoms with Crippen LogP contribution in [0.2, 0.25) is 0 Å². The molecule has 152 valence electrons. The molecule has 4 nitrogen and oxygen atoms in total. The molecule has 0 radical (unpaired) electrons. The highest BCUT2D eigenvalue weighted by atomic mass is 16.4. The molecule has 4 rings (SSSR count). The number of fused-ring (bicyclic) bond motifs is 5. The Bertz CT molecular complexity index is 1040. The lowest BCUT2D eigenvalue weighted by atomic mass is 9.78. The fourth-order valence-corrected chi connectivity index (χ4v) is 4.25. The molecular formula is C25H29NO3. The highest BCUT2D eigenvalue weighted by molar-refractivity contribution is 6.16. The molecule has 0 fully saturated rings. The molecule has 1 heterocycles. The van der Waals surface area contributed by atoms with Crippen LogP contribution in [0.1, 0.15) is 62.6 Å². The van der Waals surface area contributed by atoms with Crippen molar-refractivity contribution in [2.24, 2.45) is 0 Å². The molecule has 0 saturated heterocycles. The van der Waals surface area contributed by atoms with Gasteiger partial charge in [0.2, 0.25) is 5.78 Å². The van der Waals surface area contributed by atoms with E-state index in [1.165, 1.54) is 0 Å². The lowest BCUT2D eigenvalue weighted by molar-refractivity contribution is 0.0360. The fraction of sp³-hybridized carbons (Fsp3) is 0.400. The van der Waals surface area contributed by atoms with Crippen LogP contribution in [0.5, 0.6) is 0 Å². The van der Waals surface area contributed by atoms with E-state index in [0.717, 1.165) is 61.0 Å². The van der Waals surface area contributed by atoms with E-state index in [4.69, 9.17) is 4.42 Å².